The molecule has 0 fully saturated rings. The van der Waals surface area contributed by atoms with Gasteiger partial charge in [-0.3, -0.25) is 14.3 Å². The smallest absolute Gasteiger partial charge is 0.256 e. The second-order valence-corrected chi connectivity index (χ2v) is 5.76. The quantitative estimate of drug-likeness (QED) is 0.528. The van der Waals surface area contributed by atoms with E-state index in [1.807, 2.05) is 0 Å². The summed E-state index contributed by atoms with van der Waals surface area (Å²) in [5.74, 6) is -1.93. The summed E-state index contributed by atoms with van der Waals surface area (Å²) in [7, 11) is 0. The van der Waals surface area contributed by atoms with Crippen molar-refractivity contribution in [2.75, 3.05) is 11.6 Å². The molecule has 0 radical (unpaired) electrons. The molecule has 3 rings (SSSR count). The van der Waals surface area contributed by atoms with E-state index in [2.05, 4.69) is 9.97 Å². The minimum Gasteiger partial charge on any atom is -0.376 e. The number of halogens is 3. The first-order valence-corrected chi connectivity index (χ1v) is 7.81. The van der Waals surface area contributed by atoms with Gasteiger partial charge in [-0.25, -0.2) is 13.8 Å². The van der Waals surface area contributed by atoms with Gasteiger partial charge in [0.15, 0.2) is 5.65 Å². The zero-order valence-corrected chi connectivity index (χ0v) is 14.2. The van der Waals surface area contributed by atoms with Gasteiger partial charge in [0.25, 0.3) is 5.56 Å². The normalized spacial score (nSPS) is 12.4. The van der Waals surface area contributed by atoms with Gasteiger partial charge in [-0.1, -0.05) is 11.6 Å². The molecule has 0 aliphatic heterocycles. The van der Waals surface area contributed by atoms with Gasteiger partial charge in [-0.05, 0) is 25.1 Å². The molecule has 0 aliphatic carbocycles. The first-order chi connectivity index (χ1) is 12.3. The number of aromatic nitrogens is 3. The number of pyridine rings is 1. The molecular formula is C16H13ClF2N4O3. The third-order valence-electron chi connectivity index (χ3n) is 3.70. The molecule has 1 atom stereocenters. The van der Waals surface area contributed by atoms with Crippen LogP contribution in [-0.2, 0) is 0 Å². The van der Waals surface area contributed by atoms with Crippen LogP contribution in [0.1, 0.15) is 6.92 Å². The number of rotatable bonds is 4. The lowest BCUT2D eigenvalue weighted by Crippen LogP contribution is -2.35. The predicted molar refractivity (Wildman–Crippen MR) is 91.3 cm³/mol. The standard InChI is InChI=1S/C16H13ClF2N4O3/c1-8(25)22(7-24)16-20-14(17)10-3-5-13(26)23(15(10)21-16)12-4-2-9(18)6-11(12)19/h2-6,8,24-25H,7H2,1H3. The Morgan fingerprint density at radius 3 is 2.62 bits per heavy atom. The van der Waals surface area contributed by atoms with Crippen molar-refractivity contribution in [2.45, 2.75) is 13.2 Å². The molecule has 0 amide bonds. The summed E-state index contributed by atoms with van der Waals surface area (Å²) in [5, 5.41) is 19.3. The molecule has 1 aromatic carbocycles. The molecule has 1 unspecified atom stereocenters. The van der Waals surface area contributed by atoms with Gasteiger partial charge in [0.05, 0.1) is 11.1 Å². The van der Waals surface area contributed by atoms with Crippen molar-refractivity contribution in [3.63, 3.8) is 0 Å². The maximum Gasteiger partial charge on any atom is 0.256 e. The van der Waals surface area contributed by atoms with E-state index < -0.39 is 30.2 Å². The zero-order valence-electron chi connectivity index (χ0n) is 13.4. The lowest BCUT2D eigenvalue weighted by molar-refractivity contribution is 0.149. The highest BCUT2D eigenvalue weighted by molar-refractivity contribution is 6.34. The summed E-state index contributed by atoms with van der Waals surface area (Å²) in [6.07, 6.45) is -1.15. The summed E-state index contributed by atoms with van der Waals surface area (Å²) in [4.78, 5) is 21.5. The fraction of sp³-hybridized carbons (Fsp3) is 0.188. The Labute approximate surface area is 150 Å². The Kier molecular flexibility index (Phi) is 4.86. The number of benzene rings is 1. The molecule has 0 saturated heterocycles. The third kappa shape index (κ3) is 3.12. The first-order valence-electron chi connectivity index (χ1n) is 7.43. The molecule has 0 aliphatic rings. The third-order valence-corrected chi connectivity index (χ3v) is 3.99. The van der Waals surface area contributed by atoms with Crippen LogP contribution < -0.4 is 10.5 Å². The lowest BCUT2D eigenvalue weighted by Gasteiger charge is -2.23. The number of hydrogen-bond donors (Lipinski definition) is 2. The summed E-state index contributed by atoms with van der Waals surface area (Å²) in [6.45, 7) is 0.747. The van der Waals surface area contributed by atoms with Gasteiger partial charge < -0.3 is 10.2 Å². The van der Waals surface area contributed by atoms with Gasteiger partial charge >= 0.3 is 0 Å². The Hall–Kier alpha value is -2.62. The number of hydrogen-bond acceptors (Lipinski definition) is 6. The van der Waals surface area contributed by atoms with E-state index in [4.69, 9.17) is 11.6 Å². The molecule has 3 aromatic rings. The average Bonchev–Trinajstić information content (AvgIpc) is 2.56. The van der Waals surface area contributed by atoms with Gasteiger partial charge in [0, 0.05) is 12.1 Å². The topological polar surface area (TPSA) is 91.5 Å². The number of nitrogens with zero attached hydrogens (tertiary/aromatic N) is 4. The number of aliphatic hydroxyl groups excluding tert-OH is 2. The van der Waals surface area contributed by atoms with Crippen LogP contribution in [0.3, 0.4) is 0 Å². The van der Waals surface area contributed by atoms with E-state index in [1.165, 1.54) is 13.0 Å². The molecule has 10 heteroatoms. The lowest BCUT2D eigenvalue weighted by atomic mass is 10.2. The van der Waals surface area contributed by atoms with Crippen molar-refractivity contribution < 1.29 is 19.0 Å². The first kappa shape index (κ1) is 18.2. The molecule has 2 aromatic heterocycles. The molecule has 136 valence electrons. The maximum absolute atomic E-state index is 14.2. The second kappa shape index (κ2) is 6.94. The van der Waals surface area contributed by atoms with Crippen LogP contribution in [0.4, 0.5) is 14.7 Å². The minimum atomic E-state index is -1.15. The Balaban J connectivity index is 2.37. The molecule has 2 heterocycles. The van der Waals surface area contributed by atoms with Crippen molar-refractivity contribution >= 4 is 28.6 Å². The van der Waals surface area contributed by atoms with E-state index in [9.17, 15) is 23.8 Å². The van der Waals surface area contributed by atoms with E-state index in [0.717, 1.165) is 27.7 Å². The molecule has 7 nitrogen and oxygen atoms in total. The number of anilines is 1. The van der Waals surface area contributed by atoms with Crippen molar-refractivity contribution in [1.82, 2.24) is 14.5 Å². The van der Waals surface area contributed by atoms with Crippen molar-refractivity contribution in [3.05, 3.63) is 57.5 Å². The number of aliphatic hydroxyl groups is 2. The van der Waals surface area contributed by atoms with Crippen LogP contribution in [0.2, 0.25) is 5.15 Å². The zero-order chi connectivity index (χ0) is 19.0. The summed E-state index contributed by atoms with van der Waals surface area (Å²) >= 11 is 6.13. The molecule has 2 N–H and O–H groups in total. The summed E-state index contributed by atoms with van der Waals surface area (Å²) in [5.41, 5.74) is -0.913. The van der Waals surface area contributed by atoms with E-state index in [1.54, 1.807) is 0 Å². The second-order valence-electron chi connectivity index (χ2n) is 5.40. The minimum absolute atomic E-state index is 0.0582. The van der Waals surface area contributed by atoms with Gasteiger partial charge in [-0.15, -0.1) is 0 Å². The Morgan fingerprint density at radius 1 is 1.27 bits per heavy atom. The van der Waals surface area contributed by atoms with Crippen LogP contribution in [0.25, 0.3) is 16.7 Å². The fourth-order valence-corrected chi connectivity index (χ4v) is 2.66. The van der Waals surface area contributed by atoms with Gasteiger partial charge in [-0.2, -0.15) is 4.98 Å². The highest BCUT2D eigenvalue weighted by Crippen LogP contribution is 2.25. The van der Waals surface area contributed by atoms with Crippen molar-refractivity contribution in [1.29, 1.82) is 0 Å². The molecule has 26 heavy (non-hydrogen) atoms. The number of fused-ring (bicyclic) bond motifs is 1. The molecule has 0 saturated carbocycles. The highest BCUT2D eigenvalue weighted by Gasteiger charge is 2.19. The largest absolute Gasteiger partial charge is 0.376 e. The van der Waals surface area contributed by atoms with Gasteiger partial charge in [0.1, 0.15) is 29.7 Å². The molecule has 0 bridgehead atoms. The van der Waals surface area contributed by atoms with Gasteiger partial charge in [0.2, 0.25) is 5.95 Å². The van der Waals surface area contributed by atoms with E-state index in [-0.39, 0.29) is 27.8 Å². The summed E-state index contributed by atoms with van der Waals surface area (Å²) < 4.78 is 28.4. The Morgan fingerprint density at radius 2 is 2.00 bits per heavy atom. The average molecular weight is 383 g/mol. The molecule has 0 spiro atoms. The maximum atomic E-state index is 14.2. The van der Waals surface area contributed by atoms with Crippen LogP contribution in [0.15, 0.2) is 35.1 Å². The fourth-order valence-electron chi connectivity index (χ4n) is 2.44. The summed E-state index contributed by atoms with van der Waals surface area (Å²) in [6, 6.07) is 5.26. The van der Waals surface area contributed by atoms with Crippen LogP contribution in [0.5, 0.6) is 0 Å². The Bertz CT molecular complexity index is 1040. The molecular weight excluding hydrogens is 370 g/mol. The van der Waals surface area contributed by atoms with Crippen molar-refractivity contribution in [3.8, 4) is 5.69 Å². The SMILES string of the molecule is CC(O)N(CO)c1nc(Cl)c2ccc(=O)n(-c3ccc(F)cc3F)c2n1. The van der Waals surface area contributed by atoms with E-state index in [0.29, 0.717) is 6.07 Å². The van der Waals surface area contributed by atoms with Crippen LogP contribution >= 0.6 is 11.6 Å². The van der Waals surface area contributed by atoms with Crippen LogP contribution in [-0.4, -0.2) is 37.7 Å². The predicted octanol–water partition coefficient (Wildman–Crippen LogP) is 1.81. The monoisotopic (exact) mass is 382 g/mol. The van der Waals surface area contributed by atoms with Crippen molar-refractivity contribution in [2.24, 2.45) is 0 Å². The van der Waals surface area contributed by atoms with E-state index >= 15 is 0 Å². The highest BCUT2D eigenvalue weighted by atomic mass is 35.5. The van der Waals surface area contributed by atoms with Crippen LogP contribution in [0, 0.1) is 11.6 Å².